The Morgan fingerprint density at radius 2 is 1.68 bits per heavy atom. The van der Waals surface area contributed by atoms with Crippen LogP contribution in [0.1, 0.15) is 19.4 Å². The number of amides is 1. The molecule has 2 aromatic carbocycles. The molecule has 1 N–H and O–H groups in total. The number of fused-ring (bicyclic) bond motifs is 1. The summed E-state index contributed by atoms with van der Waals surface area (Å²) in [5, 5.41) is 10.0. The number of hydrogen-bond acceptors (Lipinski definition) is 7. The lowest BCUT2D eigenvalue weighted by Gasteiger charge is -2.28. The third-order valence-electron chi connectivity index (χ3n) is 5.57. The molecule has 3 rings (SSSR count). The molecule has 0 spiro atoms. The predicted octanol–water partition coefficient (Wildman–Crippen LogP) is 2.13. The van der Waals surface area contributed by atoms with Gasteiger partial charge in [-0.15, -0.1) is 0 Å². The summed E-state index contributed by atoms with van der Waals surface area (Å²) in [4.78, 5) is 26.3. The highest BCUT2D eigenvalue weighted by molar-refractivity contribution is 7.89. The van der Waals surface area contributed by atoms with Gasteiger partial charge in [0.15, 0.2) is 0 Å². The topological polar surface area (TPSA) is 123 Å². The first kappa shape index (κ1) is 28.1. The average Bonchev–Trinajstić information content (AvgIpc) is 3.07. The Bertz CT molecular complexity index is 1250. The molecule has 0 aromatic heterocycles. The van der Waals surface area contributed by atoms with Crippen LogP contribution in [-0.4, -0.2) is 75.3 Å². The molecular weight excluding hydrogens is 500 g/mol. The van der Waals surface area contributed by atoms with Crippen molar-refractivity contribution in [3.63, 3.8) is 0 Å². The lowest BCUT2D eigenvalue weighted by molar-refractivity contribution is -0.141. The van der Waals surface area contributed by atoms with Crippen LogP contribution in [0.4, 0.5) is 5.69 Å². The Balaban J connectivity index is 1.87. The van der Waals surface area contributed by atoms with Crippen LogP contribution in [0, 0.1) is 11.8 Å². The van der Waals surface area contributed by atoms with E-state index < -0.39 is 27.9 Å². The molecule has 0 bridgehead atoms. The number of rotatable bonds is 10. The van der Waals surface area contributed by atoms with E-state index >= 15 is 0 Å². The maximum atomic E-state index is 13.6. The van der Waals surface area contributed by atoms with E-state index in [4.69, 9.17) is 14.2 Å². The Kier molecular flexibility index (Phi) is 10.0. The zero-order valence-electron chi connectivity index (χ0n) is 20.8. The summed E-state index contributed by atoms with van der Waals surface area (Å²) in [6.45, 7) is 4.06. The number of ether oxygens (including phenoxy) is 3. The van der Waals surface area contributed by atoms with Crippen LogP contribution >= 0.6 is 0 Å². The normalized spacial score (nSPS) is 15.7. The number of sulfonamides is 1. The van der Waals surface area contributed by atoms with Gasteiger partial charge in [-0.1, -0.05) is 30.0 Å². The molecule has 11 heteroatoms. The second-order valence-corrected chi connectivity index (χ2v) is 9.82. The van der Waals surface area contributed by atoms with Crippen LogP contribution in [0.25, 0.3) is 0 Å². The van der Waals surface area contributed by atoms with Crippen LogP contribution in [0.15, 0.2) is 53.4 Å². The number of carbonyl (C=O) groups is 2. The SMILES string of the molecule is CCOCC#CCOc1ccc(S(=O)(=O)N2Cc3ccccc3N(C(=O)COCC)CC2C(=O)O)cc1. The summed E-state index contributed by atoms with van der Waals surface area (Å²) < 4.78 is 44.1. The summed E-state index contributed by atoms with van der Waals surface area (Å²) in [7, 11) is -4.26. The van der Waals surface area contributed by atoms with Crippen molar-refractivity contribution in [2.45, 2.75) is 31.3 Å². The molecule has 1 amide bonds. The highest BCUT2D eigenvalue weighted by Crippen LogP contribution is 2.31. The van der Waals surface area contributed by atoms with Crippen molar-refractivity contribution in [3.8, 4) is 17.6 Å². The molecule has 1 aliphatic heterocycles. The van der Waals surface area contributed by atoms with Gasteiger partial charge >= 0.3 is 5.97 Å². The van der Waals surface area contributed by atoms with E-state index in [1.807, 2.05) is 6.92 Å². The minimum atomic E-state index is -4.26. The smallest absolute Gasteiger partial charge is 0.323 e. The van der Waals surface area contributed by atoms with Crippen LogP contribution in [0.5, 0.6) is 5.75 Å². The molecule has 198 valence electrons. The van der Waals surface area contributed by atoms with Crippen molar-refractivity contribution in [2.24, 2.45) is 0 Å². The zero-order chi connectivity index (χ0) is 26.8. The van der Waals surface area contributed by atoms with E-state index in [2.05, 4.69) is 11.8 Å². The van der Waals surface area contributed by atoms with Gasteiger partial charge in [0, 0.05) is 25.4 Å². The molecule has 1 unspecified atom stereocenters. The fraction of sp³-hybridized carbons (Fsp3) is 0.385. The Morgan fingerprint density at radius 1 is 1.00 bits per heavy atom. The van der Waals surface area contributed by atoms with E-state index in [1.54, 1.807) is 31.2 Å². The summed E-state index contributed by atoms with van der Waals surface area (Å²) >= 11 is 0. The highest BCUT2D eigenvalue weighted by Gasteiger charge is 2.41. The minimum Gasteiger partial charge on any atom is -0.481 e. The van der Waals surface area contributed by atoms with E-state index in [1.165, 1.54) is 29.2 Å². The fourth-order valence-electron chi connectivity index (χ4n) is 3.72. The van der Waals surface area contributed by atoms with Gasteiger partial charge < -0.3 is 24.2 Å². The molecule has 0 saturated carbocycles. The molecular formula is C26H30N2O8S. The van der Waals surface area contributed by atoms with Crippen molar-refractivity contribution in [1.29, 1.82) is 0 Å². The molecule has 0 aliphatic carbocycles. The number of carboxylic acids is 1. The molecule has 10 nitrogen and oxygen atoms in total. The largest absolute Gasteiger partial charge is 0.481 e. The maximum Gasteiger partial charge on any atom is 0.323 e. The van der Waals surface area contributed by atoms with Crippen molar-refractivity contribution in [2.75, 3.05) is 44.5 Å². The average molecular weight is 531 g/mol. The predicted molar refractivity (Wildman–Crippen MR) is 136 cm³/mol. The van der Waals surface area contributed by atoms with E-state index in [0.717, 1.165) is 4.31 Å². The van der Waals surface area contributed by atoms with Gasteiger partial charge in [-0.05, 0) is 49.7 Å². The number of anilines is 1. The minimum absolute atomic E-state index is 0.0971. The van der Waals surface area contributed by atoms with Gasteiger partial charge in [0.05, 0.1) is 11.4 Å². The van der Waals surface area contributed by atoms with E-state index in [0.29, 0.717) is 36.8 Å². The van der Waals surface area contributed by atoms with Crippen LogP contribution < -0.4 is 9.64 Å². The summed E-state index contributed by atoms with van der Waals surface area (Å²) in [6, 6.07) is 10.9. The number of aliphatic carboxylic acids is 1. The highest BCUT2D eigenvalue weighted by atomic mass is 32.2. The fourth-order valence-corrected chi connectivity index (χ4v) is 5.28. The van der Waals surface area contributed by atoms with Gasteiger partial charge in [0.25, 0.3) is 5.91 Å². The molecule has 1 aliphatic rings. The van der Waals surface area contributed by atoms with Crippen molar-refractivity contribution < 1.29 is 37.3 Å². The van der Waals surface area contributed by atoms with Crippen LogP contribution in [0.3, 0.4) is 0 Å². The van der Waals surface area contributed by atoms with Crippen molar-refractivity contribution >= 4 is 27.6 Å². The summed E-state index contributed by atoms with van der Waals surface area (Å²) in [5.41, 5.74) is 0.954. The van der Waals surface area contributed by atoms with Crippen molar-refractivity contribution in [1.82, 2.24) is 4.31 Å². The van der Waals surface area contributed by atoms with Crippen LogP contribution in [0.2, 0.25) is 0 Å². The number of nitrogens with zero attached hydrogens (tertiary/aromatic N) is 2. The molecule has 37 heavy (non-hydrogen) atoms. The standard InChI is InChI=1S/C26H30N2O8S/c1-3-34-15-7-8-16-36-21-11-13-22(14-12-21)37(32,33)28-17-20-9-5-6-10-23(20)27(18-24(28)26(30)31)25(29)19-35-4-2/h5-6,9-14,24H,3-4,15-19H2,1-2H3,(H,30,31). The van der Waals surface area contributed by atoms with Gasteiger partial charge in [-0.3, -0.25) is 9.59 Å². The number of hydrogen-bond donors (Lipinski definition) is 1. The molecule has 0 radical (unpaired) electrons. The molecule has 0 fully saturated rings. The number of carbonyl (C=O) groups excluding carboxylic acids is 1. The monoisotopic (exact) mass is 530 g/mol. The van der Waals surface area contributed by atoms with E-state index in [9.17, 15) is 23.1 Å². The summed E-state index contributed by atoms with van der Waals surface area (Å²) in [5.74, 6) is 4.18. The van der Waals surface area contributed by atoms with Gasteiger partial charge in [0.1, 0.15) is 31.6 Å². The van der Waals surface area contributed by atoms with Crippen LogP contribution in [-0.2, 0) is 35.6 Å². The van der Waals surface area contributed by atoms with Gasteiger partial charge in [-0.25, -0.2) is 8.42 Å². The first-order valence-electron chi connectivity index (χ1n) is 11.8. The van der Waals surface area contributed by atoms with Gasteiger partial charge in [0.2, 0.25) is 10.0 Å². The maximum absolute atomic E-state index is 13.6. The third-order valence-corrected chi connectivity index (χ3v) is 7.44. The Hall–Kier alpha value is -3.43. The number of para-hydroxylation sites is 1. The van der Waals surface area contributed by atoms with Crippen molar-refractivity contribution in [3.05, 3.63) is 54.1 Å². The first-order valence-corrected chi connectivity index (χ1v) is 13.2. The quantitative estimate of drug-likeness (QED) is 0.366. The molecule has 0 saturated heterocycles. The second kappa shape index (κ2) is 13.2. The third kappa shape index (κ3) is 7.08. The lowest BCUT2D eigenvalue weighted by Crippen LogP contribution is -2.50. The van der Waals surface area contributed by atoms with E-state index in [-0.39, 0.29) is 31.2 Å². The zero-order valence-corrected chi connectivity index (χ0v) is 21.6. The Labute approximate surface area is 216 Å². The molecule has 1 heterocycles. The number of benzene rings is 2. The molecule has 1 atom stereocenters. The second-order valence-electron chi connectivity index (χ2n) is 7.93. The lowest BCUT2D eigenvalue weighted by atomic mass is 10.1. The van der Waals surface area contributed by atoms with Gasteiger partial charge in [-0.2, -0.15) is 4.31 Å². The number of carboxylic acid groups (broad SMARTS) is 1. The Morgan fingerprint density at radius 3 is 2.35 bits per heavy atom. The molecule has 2 aromatic rings. The first-order chi connectivity index (χ1) is 17.8. The summed E-state index contributed by atoms with van der Waals surface area (Å²) in [6.07, 6.45) is 0.